The molecule has 21 heavy (non-hydrogen) atoms. The van der Waals surface area contributed by atoms with Crippen LogP contribution < -0.4 is 15.5 Å². The minimum absolute atomic E-state index is 0.0215. The molecule has 2 N–H and O–H groups in total. The van der Waals surface area contributed by atoms with E-state index in [9.17, 15) is 8.42 Å². The van der Waals surface area contributed by atoms with E-state index in [2.05, 4.69) is 25.6 Å². The largest absolute Gasteiger partial charge is 0.354 e. The molecule has 1 aromatic heterocycles. The molecule has 0 aliphatic rings. The summed E-state index contributed by atoms with van der Waals surface area (Å²) >= 11 is 0. The van der Waals surface area contributed by atoms with Crippen LogP contribution in [0.15, 0.2) is 0 Å². The summed E-state index contributed by atoms with van der Waals surface area (Å²) in [5.41, 5.74) is 0. The highest BCUT2D eigenvalue weighted by Gasteiger charge is 2.14. The second-order valence-corrected chi connectivity index (χ2v) is 7.43. The summed E-state index contributed by atoms with van der Waals surface area (Å²) in [6.45, 7) is 4.59. The van der Waals surface area contributed by atoms with Crippen LogP contribution in [0.1, 0.15) is 20.3 Å². The van der Waals surface area contributed by atoms with Crippen molar-refractivity contribution >= 4 is 27.7 Å². The minimum Gasteiger partial charge on any atom is -0.354 e. The van der Waals surface area contributed by atoms with E-state index in [0.717, 1.165) is 13.0 Å². The Balaban J connectivity index is 2.91. The molecule has 0 aliphatic carbocycles. The summed E-state index contributed by atoms with van der Waals surface area (Å²) in [6.07, 6.45) is 2.16. The van der Waals surface area contributed by atoms with Crippen molar-refractivity contribution in [2.45, 2.75) is 26.3 Å². The van der Waals surface area contributed by atoms with Crippen molar-refractivity contribution in [3.05, 3.63) is 0 Å². The molecule has 120 valence electrons. The molecule has 0 saturated carbocycles. The van der Waals surface area contributed by atoms with Gasteiger partial charge in [-0.2, -0.15) is 15.0 Å². The number of nitrogens with zero attached hydrogens (tertiary/aromatic N) is 4. The molecular formula is C12H24N6O2S. The first kappa shape index (κ1) is 17.4. The molecule has 0 amide bonds. The monoisotopic (exact) mass is 316 g/mol. The molecule has 0 fully saturated rings. The van der Waals surface area contributed by atoms with Gasteiger partial charge in [0.15, 0.2) is 0 Å². The van der Waals surface area contributed by atoms with Gasteiger partial charge in [-0.3, -0.25) is 0 Å². The van der Waals surface area contributed by atoms with Crippen molar-refractivity contribution in [3.8, 4) is 0 Å². The first-order valence-corrected chi connectivity index (χ1v) is 8.89. The Morgan fingerprint density at radius 2 is 1.81 bits per heavy atom. The van der Waals surface area contributed by atoms with Gasteiger partial charge in [0.05, 0.1) is 5.75 Å². The highest BCUT2D eigenvalue weighted by Crippen LogP contribution is 2.12. The Morgan fingerprint density at radius 3 is 2.33 bits per heavy atom. The van der Waals surface area contributed by atoms with E-state index in [-0.39, 0.29) is 11.8 Å². The average Bonchev–Trinajstić information content (AvgIpc) is 2.33. The topological polar surface area (TPSA) is 100 Å². The summed E-state index contributed by atoms with van der Waals surface area (Å²) in [5, 5.41) is 6.11. The lowest BCUT2D eigenvalue weighted by molar-refractivity contribution is 0.597. The van der Waals surface area contributed by atoms with Gasteiger partial charge in [-0.15, -0.1) is 0 Å². The molecule has 1 rings (SSSR count). The third-order valence-electron chi connectivity index (χ3n) is 2.48. The summed E-state index contributed by atoms with van der Waals surface area (Å²) in [7, 11) is 0.618. The van der Waals surface area contributed by atoms with Gasteiger partial charge in [0, 0.05) is 32.9 Å². The summed E-state index contributed by atoms with van der Waals surface area (Å²) in [4.78, 5) is 14.6. The molecule has 0 bridgehead atoms. The first-order valence-electron chi connectivity index (χ1n) is 6.82. The van der Waals surface area contributed by atoms with Gasteiger partial charge in [-0.1, -0.05) is 6.92 Å². The lowest BCUT2D eigenvalue weighted by Crippen LogP contribution is -2.27. The highest BCUT2D eigenvalue weighted by atomic mass is 32.2. The van der Waals surface area contributed by atoms with Crippen molar-refractivity contribution in [1.82, 2.24) is 15.0 Å². The lowest BCUT2D eigenvalue weighted by atomic mass is 10.4. The van der Waals surface area contributed by atoms with Gasteiger partial charge in [-0.25, -0.2) is 8.42 Å². The third kappa shape index (κ3) is 6.56. The molecule has 0 spiro atoms. The van der Waals surface area contributed by atoms with Crippen molar-refractivity contribution in [3.63, 3.8) is 0 Å². The Kier molecular flexibility index (Phi) is 6.13. The maximum atomic E-state index is 11.3. The highest BCUT2D eigenvalue weighted by molar-refractivity contribution is 7.90. The standard InChI is InChI=1S/C12H24N6O2S/c1-6-7-13-10-15-11(17-12(16-10)18(3)4)14-9(2)8-21(5,19)20/h9H,6-8H2,1-5H3,(H2,13,14,15,16,17). The number of nitrogens with one attached hydrogen (secondary N) is 2. The van der Waals surface area contributed by atoms with E-state index in [1.165, 1.54) is 6.26 Å². The maximum absolute atomic E-state index is 11.3. The predicted octanol–water partition coefficient (Wildman–Crippen LogP) is 0.605. The fourth-order valence-corrected chi connectivity index (χ4v) is 2.65. The smallest absolute Gasteiger partial charge is 0.231 e. The van der Waals surface area contributed by atoms with Gasteiger partial charge < -0.3 is 15.5 Å². The second-order valence-electron chi connectivity index (χ2n) is 5.24. The molecule has 9 heteroatoms. The van der Waals surface area contributed by atoms with Crippen molar-refractivity contribution in [2.75, 3.05) is 48.2 Å². The van der Waals surface area contributed by atoms with Crippen LogP contribution in [0, 0.1) is 0 Å². The van der Waals surface area contributed by atoms with Crippen LogP contribution in [0.5, 0.6) is 0 Å². The molecule has 0 aromatic carbocycles. The van der Waals surface area contributed by atoms with Crippen LogP contribution in [0.3, 0.4) is 0 Å². The molecule has 1 unspecified atom stereocenters. The average molecular weight is 316 g/mol. The zero-order valence-electron chi connectivity index (χ0n) is 13.2. The van der Waals surface area contributed by atoms with Crippen LogP contribution in [0.2, 0.25) is 0 Å². The first-order chi connectivity index (χ1) is 9.71. The van der Waals surface area contributed by atoms with Crippen molar-refractivity contribution < 1.29 is 8.42 Å². The number of sulfone groups is 1. The summed E-state index contributed by atoms with van der Waals surface area (Å²) in [6, 6.07) is -0.281. The van der Waals surface area contributed by atoms with Crippen LogP contribution in [-0.4, -0.2) is 62.1 Å². The van der Waals surface area contributed by atoms with Gasteiger partial charge in [-0.05, 0) is 13.3 Å². The zero-order chi connectivity index (χ0) is 16.0. The van der Waals surface area contributed by atoms with Gasteiger partial charge in [0.1, 0.15) is 9.84 Å². The molecule has 0 radical (unpaired) electrons. The van der Waals surface area contributed by atoms with Crippen molar-refractivity contribution in [1.29, 1.82) is 0 Å². The maximum Gasteiger partial charge on any atom is 0.231 e. The molecule has 8 nitrogen and oxygen atoms in total. The molecule has 1 heterocycles. The Labute approximate surface area is 126 Å². The zero-order valence-corrected chi connectivity index (χ0v) is 14.0. The normalized spacial score (nSPS) is 12.8. The van der Waals surface area contributed by atoms with Gasteiger partial charge in [0.25, 0.3) is 0 Å². The van der Waals surface area contributed by atoms with Crippen LogP contribution in [0.25, 0.3) is 0 Å². The number of aromatic nitrogens is 3. The fraction of sp³-hybridized carbons (Fsp3) is 0.750. The second kappa shape index (κ2) is 7.39. The quantitative estimate of drug-likeness (QED) is 0.719. The van der Waals surface area contributed by atoms with Gasteiger partial charge >= 0.3 is 0 Å². The Hall–Kier alpha value is -1.64. The summed E-state index contributed by atoms with van der Waals surface area (Å²) < 4.78 is 22.6. The van der Waals surface area contributed by atoms with Gasteiger partial charge in [0.2, 0.25) is 17.8 Å². The lowest BCUT2D eigenvalue weighted by Gasteiger charge is -2.16. The summed E-state index contributed by atoms with van der Waals surface area (Å²) in [5.74, 6) is 1.37. The number of rotatable bonds is 8. The predicted molar refractivity (Wildman–Crippen MR) is 85.7 cm³/mol. The van der Waals surface area contributed by atoms with Crippen LogP contribution in [-0.2, 0) is 9.84 Å². The number of hydrogen-bond donors (Lipinski definition) is 2. The Bertz CT molecular complexity index is 561. The third-order valence-corrected chi connectivity index (χ3v) is 3.59. The molecule has 0 aliphatic heterocycles. The molecular weight excluding hydrogens is 292 g/mol. The molecule has 1 atom stereocenters. The van der Waals surface area contributed by atoms with E-state index >= 15 is 0 Å². The number of anilines is 3. The van der Waals surface area contributed by atoms with Crippen molar-refractivity contribution in [2.24, 2.45) is 0 Å². The van der Waals surface area contributed by atoms with E-state index < -0.39 is 9.84 Å². The number of hydrogen-bond acceptors (Lipinski definition) is 8. The van der Waals surface area contributed by atoms with E-state index in [1.54, 1.807) is 11.8 Å². The Morgan fingerprint density at radius 1 is 1.19 bits per heavy atom. The van der Waals surface area contributed by atoms with E-state index in [4.69, 9.17) is 0 Å². The molecule has 0 saturated heterocycles. The van der Waals surface area contributed by atoms with Crippen LogP contribution >= 0.6 is 0 Å². The van der Waals surface area contributed by atoms with E-state index in [1.807, 2.05) is 21.0 Å². The SMILES string of the molecule is CCCNc1nc(NC(C)CS(C)(=O)=O)nc(N(C)C)n1. The van der Waals surface area contributed by atoms with E-state index in [0.29, 0.717) is 17.8 Å². The molecule has 1 aromatic rings. The fourth-order valence-electron chi connectivity index (χ4n) is 1.66. The minimum atomic E-state index is -3.05. The van der Waals surface area contributed by atoms with Crippen LogP contribution in [0.4, 0.5) is 17.8 Å².